The lowest BCUT2D eigenvalue weighted by Crippen LogP contribution is -2.71. The van der Waals surface area contributed by atoms with Gasteiger partial charge in [0.25, 0.3) is 17.6 Å². The summed E-state index contributed by atoms with van der Waals surface area (Å²) >= 11 is 2.21. The summed E-state index contributed by atoms with van der Waals surface area (Å²) in [6.45, 7) is 2.98. The van der Waals surface area contributed by atoms with E-state index in [9.17, 15) is 28.8 Å². The van der Waals surface area contributed by atoms with Crippen molar-refractivity contribution < 1.29 is 47.7 Å². The summed E-state index contributed by atoms with van der Waals surface area (Å²) in [5.74, 6) is -3.36. The van der Waals surface area contributed by atoms with Crippen LogP contribution in [-0.4, -0.2) is 89.8 Å². The van der Waals surface area contributed by atoms with Gasteiger partial charge in [-0.2, -0.15) is 0 Å². The Morgan fingerprint density at radius 3 is 2.72 bits per heavy atom. The number of aromatic nitrogens is 1. The van der Waals surface area contributed by atoms with Crippen molar-refractivity contribution in [2.24, 2.45) is 0 Å². The number of hydrogen-bond donors (Lipinski definition) is 2. The predicted octanol–water partition coefficient (Wildman–Crippen LogP) is 0.257. The molecule has 2 N–H and O–H groups in total. The highest BCUT2D eigenvalue weighted by molar-refractivity contribution is 8.00. The average Bonchev–Trinajstić information content (AvgIpc) is 3.30. The number of ketones is 1. The molecule has 3 rings (SSSR count). The molecule has 0 spiro atoms. The Balaban J connectivity index is 1.70. The molecule has 3 amide bonds. The highest BCUT2D eigenvalue weighted by Gasteiger charge is 2.55. The number of β-lactam (4-membered cyclic amide) rings is 1. The molecule has 2 unspecified atom stereocenters. The SMILES string of the molecule is CCOC(=O)OC(C)OC(=O)C1=C(COC)CS[C@@H]2C(NC(=O)C(=O)c3csc(NC=O)n3)C(=O)N12. The number of carbonyl (C=O) groups excluding carboxylic acids is 6. The van der Waals surface area contributed by atoms with Crippen molar-refractivity contribution in [2.75, 3.05) is 31.4 Å². The van der Waals surface area contributed by atoms with Crippen LogP contribution in [0.25, 0.3) is 0 Å². The summed E-state index contributed by atoms with van der Waals surface area (Å²) in [5.41, 5.74) is 0.175. The third kappa shape index (κ3) is 5.83. The molecule has 1 fully saturated rings. The van der Waals surface area contributed by atoms with E-state index in [0.717, 1.165) is 16.2 Å². The Labute approximate surface area is 212 Å². The van der Waals surface area contributed by atoms with Crippen molar-refractivity contribution in [3.8, 4) is 0 Å². The van der Waals surface area contributed by atoms with Gasteiger partial charge in [0, 0.05) is 25.2 Å². The lowest BCUT2D eigenvalue weighted by molar-refractivity contribution is -0.169. The fourth-order valence-corrected chi connectivity index (χ4v) is 5.27. The molecule has 0 aromatic carbocycles. The van der Waals surface area contributed by atoms with Crippen molar-refractivity contribution in [2.45, 2.75) is 31.6 Å². The first-order chi connectivity index (χ1) is 17.2. The van der Waals surface area contributed by atoms with Gasteiger partial charge in [0.15, 0.2) is 5.13 Å². The topological polar surface area (TPSA) is 180 Å². The Hall–Kier alpha value is -3.50. The van der Waals surface area contributed by atoms with E-state index < -0.39 is 47.4 Å². The van der Waals surface area contributed by atoms with Gasteiger partial charge in [-0.05, 0) is 12.5 Å². The molecule has 0 aliphatic carbocycles. The molecule has 0 bridgehead atoms. The normalized spacial score (nSPS) is 19.4. The van der Waals surface area contributed by atoms with E-state index in [-0.39, 0.29) is 35.5 Å². The monoisotopic (exact) mass is 542 g/mol. The van der Waals surface area contributed by atoms with Crippen molar-refractivity contribution in [1.29, 1.82) is 0 Å². The van der Waals surface area contributed by atoms with E-state index in [1.54, 1.807) is 6.92 Å². The largest absolute Gasteiger partial charge is 0.511 e. The summed E-state index contributed by atoms with van der Waals surface area (Å²) in [5, 5.41) is 5.39. The highest BCUT2D eigenvalue weighted by Crippen LogP contribution is 2.40. The number of Topliss-reactive ketones (excluding diaryl/α,β-unsaturated/α-hetero) is 1. The van der Waals surface area contributed by atoms with E-state index in [2.05, 4.69) is 20.4 Å². The number of hydrogen-bond acceptors (Lipinski definition) is 13. The first-order valence-electron chi connectivity index (χ1n) is 10.4. The number of nitrogens with one attached hydrogen (secondary N) is 2. The Morgan fingerprint density at radius 2 is 2.06 bits per heavy atom. The second-order valence-electron chi connectivity index (χ2n) is 7.15. The molecule has 2 aliphatic heterocycles. The zero-order valence-electron chi connectivity index (χ0n) is 19.3. The molecule has 194 valence electrons. The van der Waals surface area contributed by atoms with Gasteiger partial charge in [-0.25, -0.2) is 14.6 Å². The van der Waals surface area contributed by atoms with E-state index in [0.29, 0.717) is 12.0 Å². The quantitative estimate of drug-likeness (QED) is 0.0974. The van der Waals surface area contributed by atoms with Crippen LogP contribution in [0.5, 0.6) is 0 Å². The number of rotatable bonds is 11. The summed E-state index contributed by atoms with van der Waals surface area (Å²) in [6, 6.07) is -1.09. The first-order valence-corrected chi connectivity index (χ1v) is 12.4. The van der Waals surface area contributed by atoms with Crippen molar-refractivity contribution in [3.63, 3.8) is 0 Å². The Kier molecular flexibility index (Phi) is 9.00. The third-order valence-electron chi connectivity index (χ3n) is 4.77. The van der Waals surface area contributed by atoms with Gasteiger partial charge in [0.05, 0.1) is 13.2 Å². The number of carbonyl (C=O) groups is 6. The van der Waals surface area contributed by atoms with Gasteiger partial charge >= 0.3 is 12.1 Å². The fourth-order valence-electron chi connectivity index (χ4n) is 3.29. The summed E-state index contributed by atoms with van der Waals surface area (Å²) in [4.78, 5) is 77.6. The summed E-state index contributed by atoms with van der Waals surface area (Å²) in [7, 11) is 1.42. The first kappa shape index (κ1) is 27.1. The van der Waals surface area contributed by atoms with Crippen LogP contribution in [0.2, 0.25) is 0 Å². The number of thiazole rings is 1. The molecule has 0 saturated carbocycles. The molecule has 0 radical (unpaired) electrons. The Morgan fingerprint density at radius 1 is 1.31 bits per heavy atom. The summed E-state index contributed by atoms with van der Waals surface area (Å²) < 4.78 is 19.8. The minimum Gasteiger partial charge on any atom is -0.435 e. The number of amides is 3. The smallest absolute Gasteiger partial charge is 0.435 e. The molecule has 3 atom stereocenters. The number of anilines is 1. The maximum Gasteiger partial charge on any atom is 0.511 e. The average molecular weight is 543 g/mol. The molecule has 36 heavy (non-hydrogen) atoms. The highest BCUT2D eigenvalue weighted by atomic mass is 32.2. The zero-order chi connectivity index (χ0) is 26.4. The number of fused-ring (bicyclic) bond motifs is 1. The van der Waals surface area contributed by atoms with Crippen molar-refractivity contribution >= 4 is 64.4 Å². The van der Waals surface area contributed by atoms with E-state index in [4.69, 9.17) is 14.2 Å². The minimum atomic E-state index is -1.30. The van der Waals surface area contributed by atoms with Gasteiger partial charge in [0.2, 0.25) is 12.7 Å². The van der Waals surface area contributed by atoms with Crippen LogP contribution in [0.1, 0.15) is 24.3 Å². The molecular weight excluding hydrogens is 520 g/mol. The van der Waals surface area contributed by atoms with Crippen LogP contribution in [0.3, 0.4) is 0 Å². The van der Waals surface area contributed by atoms with Crippen LogP contribution >= 0.6 is 23.1 Å². The number of nitrogens with zero attached hydrogens (tertiary/aromatic N) is 2. The molecule has 1 saturated heterocycles. The van der Waals surface area contributed by atoms with Crippen LogP contribution < -0.4 is 10.6 Å². The van der Waals surface area contributed by atoms with Gasteiger partial charge in [0.1, 0.15) is 22.8 Å². The molecule has 14 nitrogen and oxygen atoms in total. The lowest BCUT2D eigenvalue weighted by Gasteiger charge is -2.49. The lowest BCUT2D eigenvalue weighted by atomic mass is 10.0. The molecule has 16 heteroatoms. The molecule has 2 aliphatic rings. The van der Waals surface area contributed by atoms with Gasteiger partial charge in [-0.1, -0.05) is 0 Å². The summed E-state index contributed by atoms with van der Waals surface area (Å²) in [6.07, 6.45) is -1.95. The van der Waals surface area contributed by atoms with E-state index in [1.807, 2.05) is 0 Å². The van der Waals surface area contributed by atoms with Crippen LogP contribution in [0.4, 0.5) is 9.93 Å². The predicted molar refractivity (Wildman–Crippen MR) is 124 cm³/mol. The molecule has 3 heterocycles. The van der Waals surface area contributed by atoms with Gasteiger partial charge < -0.3 is 29.6 Å². The molecule has 1 aromatic heterocycles. The number of ether oxygens (including phenoxy) is 4. The van der Waals surface area contributed by atoms with Crippen molar-refractivity contribution in [1.82, 2.24) is 15.2 Å². The minimum absolute atomic E-state index is 0.0253. The second-order valence-corrected chi connectivity index (χ2v) is 9.11. The number of esters is 1. The number of thioether (sulfide) groups is 1. The molecular formula is C20H22N4O10S2. The van der Waals surface area contributed by atoms with Crippen LogP contribution in [0, 0.1) is 0 Å². The van der Waals surface area contributed by atoms with Gasteiger partial charge in [-0.3, -0.25) is 24.1 Å². The molecule has 1 aromatic rings. The maximum atomic E-state index is 12.9. The van der Waals surface area contributed by atoms with Crippen LogP contribution in [-0.2, 0) is 38.1 Å². The maximum absolute atomic E-state index is 12.9. The third-order valence-corrected chi connectivity index (χ3v) is 6.88. The van der Waals surface area contributed by atoms with E-state index >= 15 is 0 Å². The van der Waals surface area contributed by atoms with E-state index in [1.165, 1.54) is 31.2 Å². The number of methoxy groups -OCH3 is 1. The second kappa shape index (κ2) is 12.0. The van der Waals surface area contributed by atoms with Crippen molar-refractivity contribution in [3.05, 3.63) is 22.3 Å². The van der Waals surface area contributed by atoms with Gasteiger partial charge in [-0.15, -0.1) is 23.1 Å². The Bertz CT molecular complexity index is 1100. The van der Waals surface area contributed by atoms with Crippen LogP contribution in [0.15, 0.2) is 16.7 Å². The fraction of sp³-hybridized carbons (Fsp3) is 0.450. The zero-order valence-corrected chi connectivity index (χ0v) is 20.9. The standard InChI is InChI=1S/C20H22N4O10S2/c1-4-32-20(30)34-9(2)33-18(29)13-10(5-31-3)6-35-17-12(16(28)24(13)17)23-15(27)14(26)11-7-36-19(22-11)21-8-25/h7-9,12,17H,4-6H2,1-3H3,(H,23,27)(H,21,22,25)/t9?,12?,17-/m1/s1.